The Morgan fingerprint density at radius 3 is 2.83 bits per heavy atom. The van der Waals surface area contributed by atoms with Gasteiger partial charge in [0.1, 0.15) is 0 Å². The first-order chi connectivity index (χ1) is 11.2. The highest BCUT2D eigenvalue weighted by Crippen LogP contribution is 2.31. The van der Waals surface area contributed by atoms with Crippen LogP contribution in [0, 0.1) is 5.92 Å². The van der Waals surface area contributed by atoms with Crippen molar-refractivity contribution in [3.05, 3.63) is 24.3 Å². The summed E-state index contributed by atoms with van der Waals surface area (Å²) in [6, 6.07) is 8.25. The van der Waals surface area contributed by atoms with E-state index in [1.165, 1.54) is 4.70 Å². The van der Waals surface area contributed by atoms with Crippen molar-refractivity contribution in [1.29, 1.82) is 0 Å². The second-order valence-electron chi connectivity index (χ2n) is 6.09. The van der Waals surface area contributed by atoms with Gasteiger partial charge in [0.25, 0.3) is 0 Å². The molecule has 0 radical (unpaired) electrons. The summed E-state index contributed by atoms with van der Waals surface area (Å²) in [7, 11) is 3.81. The molecule has 1 N–H and O–H groups in total. The highest BCUT2D eigenvalue weighted by molar-refractivity contribution is 7.22. The Balaban J connectivity index is 1.58. The number of hydrogen-bond acceptors (Lipinski definition) is 5. The van der Waals surface area contributed by atoms with Crippen LogP contribution in [-0.2, 0) is 4.79 Å². The van der Waals surface area contributed by atoms with Crippen LogP contribution >= 0.6 is 11.3 Å². The fourth-order valence-electron chi connectivity index (χ4n) is 3.01. The van der Waals surface area contributed by atoms with Gasteiger partial charge in [-0.05, 0) is 32.0 Å². The van der Waals surface area contributed by atoms with E-state index in [0.717, 1.165) is 49.7 Å². The van der Waals surface area contributed by atoms with E-state index in [2.05, 4.69) is 28.4 Å². The number of rotatable bonds is 5. The summed E-state index contributed by atoms with van der Waals surface area (Å²) in [5.74, 6) is 0.437. The Labute approximate surface area is 141 Å². The lowest BCUT2D eigenvalue weighted by molar-refractivity contribution is -0.134. The van der Waals surface area contributed by atoms with E-state index in [4.69, 9.17) is 4.98 Å². The van der Waals surface area contributed by atoms with Gasteiger partial charge in [-0.3, -0.25) is 4.79 Å². The van der Waals surface area contributed by atoms with E-state index < -0.39 is 0 Å². The van der Waals surface area contributed by atoms with Gasteiger partial charge in [-0.25, -0.2) is 4.98 Å². The fraction of sp³-hybridized carbons (Fsp3) is 0.529. The summed E-state index contributed by atoms with van der Waals surface area (Å²) >= 11 is 1.74. The second kappa shape index (κ2) is 7.27. The van der Waals surface area contributed by atoms with E-state index in [0.29, 0.717) is 0 Å². The largest absolute Gasteiger partial charge is 0.348 e. The summed E-state index contributed by atoms with van der Waals surface area (Å²) in [5.41, 5.74) is 1.07. The molecule has 1 aliphatic heterocycles. The van der Waals surface area contributed by atoms with Crippen molar-refractivity contribution in [2.75, 3.05) is 45.2 Å². The van der Waals surface area contributed by atoms with Crippen molar-refractivity contribution in [3.8, 4) is 0 Å². The number of nitrogens with zero attached hydrogens (tertiary/aromatic N) is 3. The minimum absolute atomic E-state index is 0.155. The first-order valence-electron chi connectivity index (χ1n) is 8.19. The molecule has 0 unspecified atom stereocenters. The molecular weight excluding hydrogens is 308 g/mol. The van der Waals surface area contributed by atoms with Crippen LogP contribution in [0.1, 0.15) is 12.8 Å². The molecule has 1 saturated heterocycles. The SMILES string of the molecule is CNCCN(C)C(=O)C1CCN(c2nc3ccccc3s2)CC1. The number of amides is 1. The molecule has 0 atom stereocenters. The van der Waals surface area contributed by atoms with Crippen molar-refractivity contribution in [3.63, 3.8) is 0 Å². The number of piperidine rings is 1. The summed E-state index contributed by atoms with van der Waals surface area (Å²) in [6.07, 6.45) is 1.83. The highest BCUT2D eigenvalue weighted by Gasteiger charge is 2.28. The predicted molar refractivity (Wildman–Crippen MR) is 96.1 cm³/mol. The van der Waals surface area contributed by atoms with Gasteiger partial charge < -0.3 is 15.1 Å². The van der Waals surface area contributed by atoms with E-state index in [9.17, 15) is 4.79 Å². The molecule has 0 aliphatic carbocycles. The van der Waals surface area contributed by atoms with Crippen molar-refractivity contribution >= 4 is 32.6 Å². The lowest BCUT2D eigenvalue weighted by atomic mass is 9.95. The molecule has 2 heterocycles. The molecule has 6 heteroatoms. The number of anilines is 1. The van der Waals surface area contributed by atoms with Gasteiger partial charge in [0, 0.05) is 39.1 Å². The van der Waals surface area contributed by atoms with Crippen LogP contribution in [0.2, 0.25) is 0 Å². The number of likely N-dealkylation sites (N-methyl/N-ethyl adjacent to an activating group) is 2. The second-order valence-corrected chi connectivity index (χ2v) is 7.10. The molecule has 0 spiro atoms. The molecule has 3 rings (SSSR count). The number of fused-ring (bicyclic) bond motifs is 1. The first kappa shape index (κ1) is 16.2. The minimum Gasteiger partial charge on any atom is -0.348 e. The maximum absolute atomic E-state index is 12.5. The van der Waals surface area contributed by atoms with Gasteiger partial charge in [0.15, 0.2) is 5.13 Å². The molecule has 1 aromatic carbocycles. The molecule has 23 heavy (non-hydrogen) atoms. The van der Waals surface area contributed by atoms with Crippen molar-refractivity contribution < 1.29 is 4.79 Å². The molecule has 124 valence electrons. The molecule has 1 aromatic heterocycles. The van der Waals surface area contributed by atoms with E-state index in [-0.39, 0.29) is 11.8 Å². The predicted octanol–water partition coefficient (Wildman–Crippen LogP) is 2.19. The Kier molecular flexibility index (Phi) is 5.13. The van der Waals surface area contributed by atoms with Gasteiger partial charge in [-0.1, -0.05) is 23.5 Å². The maximum Gasteiger partial charge on any atom is 0.225 e. The number of carbonyl (C=O) groups is 1. The third kappa shape index (κ3) is 3.64. The fourth-order valence-corrected chi connectivity index (χ4v) is 4.03. The molecule has 2 aromatic rings. The van der Waals surface area contributed by atoms with Crippen LogP contribution in [-0.4, -0.2) is 56.1 Å². The highest BCUT2D eigenvalue weighted by atomic mass is 32.1. The molecule has 5 nitrogen and oxygen atoms in total. The smallest absolute Gasteiger partial charge is 0.225 e. The van der Waals surface area contributed by atoms with Crippen molar-refractivity contribution in [2.45, 2.75) is 12.8 Å². The van der Waals surface area contributed by atoms with Crippen LogP contribution < -0.4 is 10.2 Å². The summed E-state index contributed by atoms with van der Waals surface area (Å²) < 4.78 is 1.23. The van der Waals surface area contributed by atoms with Crippen LogP contribution in [0.3, 0.4) is 0 Å². The minimum atomic E-state index is 0.155. The van der Waals surface area contributed by atoms with Crippen molar-refractivity contribution in [2.24, 2.45) is 5.92 Å². The Bertz CT molecular complexity index is 630. The van der Waals surface area contributed by atoms with Crippen LogP contribution in [0.4, 0.5) is 5.13 Å². The number of benzene rings is 1. The van der Waals surface area contributed by atoms with Gasteiger partial charge in [-0.2, -0.15) is 0 Å². The number of carbonyl (C=O) groups excluding carboxylic acids is 1. The topological polar surface area (TPSA) is 48.5 Å². The van der Waals surface area contributed by atoms with Gasteiger partial charge in [0.05, 0.1) is 10.2 Å². The average molecular weight is 332 g/mol. The molecule has 0 bridgehead atoms. The van der Waals surface area contributed by atoms with E-state index >= 15 is 0 Å². The lowest BCUT2D eigenvalue weighted by Gasteiger charge is -2.33. The summed E-state index contributed by atoms with van der Waals surface area (Å²) in [5, 5.41) is 4.17. The maximum atomic E-state index is 12.5. The molecule has 1 aliphatic rings. The quantitative estimate of drug-likeness (QED) is 0.912. The Hall–Kier alpha value is -1.66. The zero-order chi connectivity index (χ0) is 16.2. The number of hydrogen-bond donors (Lipinski definition) is 1. The summed E-state index contributed by atoms with van der Waals surface area (Å²) in [6.45, 7) is 3.44. The van der Waals surface area contributed by atoms with Gasteiger partial charge in [0.2, 0.25) is 5.91 Å². The Morgan fingerprint density at radius 1 is 1.39 bits per heavy atom. The molecule has 0 saturated carbocycles. The van der Waals surface area contributed by atoms with Gasteiger partial charge in [-0.15, -0.1) is 0 Å². The zero-order valence-corrected chi connectivity index (χ0v) is 14.6. The number of aromatic nitrogens is 1. The van der Waals surface area contributed by atoms with Gasteiger partial charge >= 0.3 is 0 Å². The molecule has 1 fully saturated rings. The average Bonchev–Trinajstić information content (AvgIpc) is 3.03. The monoisotopic (exact) mass is 332 g/mol. The number of thiazole rings is 1. The van der Waals surface area contributed by atoms with E-state index in [1.807, 2.05) is 25.1 Å². The first-order valence-corrected chi connectivity index (χ1v) is 9.01. The van der Waals surface area contributed by atoms with Crippen LogP contribution in [0.5, 0.6) is 0 Å². The van der Waals surface area contributed by atoms with Crippen LogP contribution in [0.15, 0.2) is 24.3 Å². The lowest BCUT2D eigenvalue weighted by Crippen LogP contribution is -2.42. The molecule has 1 amide bonds. The third-order valence-corrected chi connectivity index (χ3v) is 5.57. The molecular formula is C17H24N4OS. The third-order valence-electron chi connectivity index (χ3n) is 4.47. The standard InChI is InChI=1S/C17H24N4OS/c1-18-9-12-20(2)16(22)13-7-10-21(11-8-13)17-19-14-5-3-4-6-15(14)23-17/h3-6,13,18H,7-12H2,1-2H3. The normalized spacial score (nSPS) is 16.0. The Morgan fingerprint density at radius 2 is 2.13 bits per heavy atom. The summed E-state index contributed by atoms with van der Waals surface area (Å²) in [4.78, 5) is 21.4. The number of para-hydroxylation sites is 1. The zero-order valence-electron chi connectivity index (χ0n) is 13.8. The number of nitrogens with one attached hydrogen (secondary N) is 1. The van der Waals surface area contributed by atoms with Crippen LogP contribution in [0.25, 0.3) is 10.2 Å². The van der Waals surface area contributed by atoms with Crippen molar-refractivity contribution in [1.82, 2.24) is 15.2 Å². The van der Waals surface area contributed by atoms with E-state index in [1.54, 1.807) is 11.3 Å².